The number of benzene rings is 2. The van der Waals surface area contributed by atoms with Crippen LogP contribution in [0, 0.1) is 6.92 Å². The number of nitrogen functional groups attached to an aromatic ring is 1. The van der Waals surface area contributed by atoms with Crippen molar-refractivity contribution in [1.29, 1.82) is 0 Å². The SMILES string of the molecule is Cc1ccc(Br)c(-c2nc(-c3cccc(N)c3)no2)c1. The molecule has 0 atom stereocenters. The van der Waals surface area contributed by atoms with Crippen molar-refractivity contribution in [3.8, 4) is 22.8 Å². The first-order valence-corrected chi connectivity index (χ1v) is 6.89. The number of hydrogen-bond acceptors (Lipinski definition) is 4. The molecular formula is C15H12BrN3O. The Labute approximate surface area is 124 Å². The maximum atomic E-state index is 5.76. The molecule has 0 aliphatic rings. The molecule has 0 radical (unpaired) electrons. The van der Waals surface area contributed by atoms with Crippen molar-refractivity contribution in [1.82, 2.24) is 10.1 Å². The van der Waals surface area contributed by atoms with Gasteiger partial charge in [0.25, 0.3) is 5.89 Å². The fourth-order valence-corrected chi connectivity index (χ4v) is 2.35. The molecule has 4 nitrogen and oxygen atoms in total. The van der Waals surface area contributed by atoms with E-state index >= 15 is 0 Å². The van der Waals surface area contributed by atoms with E-state index in [0.717, 1.165) is 21.2 Å². The van der Waals surface area contributed by atoms with Crippen LogP contribution in [0.2, 0.25) is 0 Å². The van der Waals surface area contributed by atoms with Gasteiger partial charge in [-0.25, -0.2) is 0 Å². The Bertz CT molecular complexity index is 767. The fourth-order valence-electron chi connectivity index (χ4n) is 1.93. The van der Waals surface area contributed by atoms with Crippen molar-refractivity contribution in [2.75, 3.05) is 5.73 Å². The number of anilines is 1. The minimum Gasteiger partial charge on any atom is -0.399 e. The normalized spacial score (nSPS) is 10.7. The molecule has 0 unspecified atom stereocenters. The molecule has 2 N–H and O–H groups in total. The average molecular weight is 330 g/mol. The molecule has 20 heavy (non-hydrogen) atoms. The number of nitrogens with two attached hydrogens (primary N) is 1. The lowest BCUT2D eigenvalue weighted by molar-refractivity contribution is 0.432. The number of aryl methyl sites for hydroxylation is 1. The molecule has 0 saturated carbocycles. The Morgan fingerprint density at radius 2 is 2.00 bits per heavy atom. The van der Waals surface area contributed by atoms with E-state index in [1.807, 2.05) is 49.4 Å². The lowest BCUT2D eigenvalue weighted by atomic mass is 10.1. The van der Waals surface area contributed by atoms with Crippen LogP contribution in [0.15, 0.2) is 51.5 Å². The van der Waals surface area contributed by atoms with Crippen LogP contribution in [0.1, 0.15) is 5.56 Å². The molecule has 1 heterocycles. The fraction of sp³-hybridized carbons (Fsp3) is 0.0667. The minimum atomic E-state index is 0.484. The molecule has 100 valence electrons. The van der Waals surface area contributed by atoms with Crippen LogP contribution in [0.5, 0.6) is 0 Å². The van der Waals surface area contributed by atoms with Gasteiger partial charge < -0.3 is 10.3 Å². The third-order valence-corrected chi connectivity index (χ3v) is 3.61. The van der Waals surface area contributed by atoms with Gasteiger partial charge in [0.2, 0.25) is 5.82 Å². The van der Waals surface area contributed by atoms with Crippen LogP contribution in [0.25, 0.3) is 22.8 Å². The van der Waals surface area contributed by atoms with Gasteiger partial charge in [0.1, 0.15) is 0 Å². The van der Waals surface area contributed by atoms with E-state index in [1.165, 1.54) is 0 Å². The van der Waals surface area contributed by atoms with Gasteiger partial charge in [-0.1, -0.05) is 28.9 Å². The summed E-state index contributed by atoms with van der Waals surface area (Å²) in [5.41, 5.74) is 9.29. The summed E-state index contributed by atoms with van der Waals surface area (Å²) in [4.78, 5) is 4.43. The number of halogens is 1. The molecular weight excluding hydrogens is 318 g/mol. The van der Waals surface area contributed by atoms with Gasteiger partial charge >= 0.3 is 0 Å². The van der Waals surface area contributed by atoms with E-state index in [2.05, 4.69) is 26.1 Å². The lowest BCUT2D eigenvalue weighted by Gasteiger charge is -2.00. The van der Waals surface area contributed by atoms with Gasteiger partial charge in [0, 0.05) is 15.7 Å². The van der Waals surface area contributed by atoms with Crippen molar-refractivity contribution < 1.29 is 4.52 Å². The van der Waals surface area contributed by atoms with Crippen molar-refractivity contribution in [2.24, 2.45) is 0 Å². The number of nitrogens with zero attached hydrogens (tertiary/aromatic N) is 2. The van der Waals surface area contributed by atoms with Gasteiger partial charge in [-0.15, -0.1) is 0 Å². The Kier molecular flexibility index (Phi) is 3.28. The summed E-state index contributed by atoms with van der Waals surface area (Å²) >= 11 is 3.50. The van der Waals surface area contributed by atoms with E-state index in [1.54, 1.807) is 0 Å². The highest BCUT2D eigenvalue weighted by Crippen LogP contribution is 2.29. The second-order valence-electron chi connectivity index (χ2n) is 4.53. The van der Waals surface area contributed by atoms with E-state index in [9.17, 15) is 0 Å². The van der Waals surface area contributed by atoms with Crippen LogP contribution < -0.4 is 5.73 Å². The van der Waals surface area contributed by atoms with Gasteiger partial charge in [-0.2, -0.15) is 4.98 Å². The molecule has 3 aromatic rings. The quantitative estimate of drug-likeness (QED) is 0.720. The molecule has 0 aliphatic heterocycles. The van der Waals surface area contributed by atoms with Crippen LogP contribution in [0.3, 0.4) is 0 Å². The zero-order valence-electron chi connectivity index (χ0n) is 10.8. The molecule has 0 bridgehead atoms. The van der Waals surface area contributed by atoms with Crippen LogP contribution in [0.4, 0.5) is 5.69 Å². The zero-order valence-corrected chi connectivity index (χ0v) is 12.4. The summed E-state index contributed by atoms with van der Waals surface area (Å²) in [6.07, 6.45) is 0. The summed E-state index contributed by atoms with van der Waals surface area (Å²) in [7, 11) is 0. The highest BCUT2D eigenvalue weighted by atomic mass is 79.9. The van der Waals surface area contributed by atoms with Crippen molar-refractivity contribution in [3.63, 3.8) is 0 Å². The van der Waals surface area contributed by atoms with E-state index in [4.69, 9.17) is 10.3 Å². The number of aromatic nitrogens is 2. The first-order valence-electron chi connectivity index (χ1n) is 6.09. The molecule has 0 saturated heterocycles. The predicted molar refractivity (Wildman–Crippen MR) is 82.0 cm³/mol. The summed E-state index contributed by atoms with van der Waals surface area (Å²) < 4.78 is 6.27. The Hall–Kier alpha value is -2.14. The third kappa shape index (κ3) is 2.44. The first-order chi connectivity index (χ1) is 9.63. The van der Waals surface area contributed by atoms with E-state index in [-0.39, 0.29) is 0 Å². The van der Waals surface area contributed by atoms with Crippen LogP contribution in [-0.2, 0) is 0 Å². The molecule has 3 rings (SSSR count). The molecule has 1 aromatic heterocycles. The van der Waals surface area contributed by atoms with E-state index in [0.29, 0.717) is 17.4 Å². The summed E-state index contributed by atoms with van der Waals surface area (Å²) in [5, 5.41) is 4.01. The Morgan fingerprint density at radius 3 is 2.80 bits per heavy atom. The average Bonchev–Trinajstić information content (AvgIpc) is 2.91. The van der Waals surface area contributed by atoms with E-state index < -0.39 is 0 Å². The lowest BCUT2D eigenvalue weighted by Crippen LogP contribution is -1.86. The number of hydrogen-bond donors (Lipinski definition) is 1. The highest BCUT2D eigenvalue weighted by Gasteiger charge is 2.13. The van der Waals surface area contributed by atoms with Crippen molar-refractivity contribution in [2.45, 2.75) is 6.92 Å². The van der Waals surface area contributed by atoms with Crippen molar-refractivity contribution in [3.05, 3.63) is 52.5 Å². The molecule has 0 aliphatic carbocycles. The van der Waals surface area contributed by atoms with Gasteiger partial charge in [-0.3, -0.25) is 0 Å². The summed E-state index contributed by atoms with van der Waals surface area (Å²) in [5.74, 6) is 1.01. The topological polar surface area (TPSA) is 64.9 Å². The number of rotatable bonds is 2. The maximum Gasteiger partial charge on any atom is 0.259 e. The second kappa shape index (κ2) is 5.09. The Balaban J connectivity index is 2.04. The standard InChI is InChI=1S/C15H12BrN3O/c1-9-5-6-13(16)12(7-9)15-18-14(19-20-15)10-3-2-4-11(17)8-10/h2-8H,17H2,1H3. The zero-order chi connectivity index (χ0) is 14.1. The monoisotopic (exact) mass is 329 g/mol. The maximum absolute atomic E-state index is 5.76. The molecule has 2 aromatic carbocycles. The second-order valence-corrected chi connectivity index (χ2v) is 5.39. The predicted octanol–water partition coefficient (Wildman–Crippen LogP) is 4.06. The van der Waals surface area contributed by atoms with Gasteiger partial charge in [0.05, 0.1) is 5.56 Å². The molecule has 0 amide bonds. The van der Waals surface area contributed by atoms with Crippen molar-refractivity contribution >= 4 is 21.6 Å². The molecule has 0 fully saturated rings. The highest BCUT2D eigenvalue weighted by molar-refractivity contribution is 9.10. The molecule has 0 spiro atoms. The minimum absolute atomic E-state index is 0.484. The Morgan fingerprint density at radius 1 is 1.15 bits per heavy atom. The summed E-state index contributed by atoms with van der Waals surface area (Å²) in [6.45, 7) is 2.02. The first kappa shape index (κ1) is 12.9. The van der Waals surface area contributed by atoms with Gasteiger partial charge in [0.15, 0.2) is 0 Å². The largest absolute Gasteiger partial charge is 0.399 e. The van der Waals surface area contributed by atoms with Crippen LogP contribution in [-0.4, -0.2) is 10.1 Å². The summed E-state index contributed by atoms with van der Waals surface area (Å²) in [6, 6.07) is 13.4. The molecule has 5 heteroatoms. The smallest absolute Gasteiger partial charge is 0.259 e. The van der Waals surface area contributed by atoms with Gasteiger partial charge in [-0.05, 0) is 47.1 Å². The third-order valence-electron chi connectivity index (χ3n) is 2.92. The van der Waals surface area contributed by atoms with Crippen LogP contribution >= 0.6 is 15.9 Å².